The van der Waals surface area contributed by atoms with E-state index in [9.17, 15) is 9.59 Å². The molecule has 0 saturated heterocycles. The summed E-state index contributed by atoms with van der Waals surface area (Å²) in [6.07, 6.45) is 0. The van der Waals surface area contributed by atoms with Gasteiger partial charge in [-0.3, -0.25) is 9.59 Å². The van der Waals surface area contributed by atoms with Crippen LogP contribution in [0.5, 0.6) is 0 Å². The van der Waals surface area contributed by atoms with Gasteiger partial charge < -0.3 is 48.5 Å². The summed E-state index contributed by atoms with van der Waals surface area (Å²) in [5, 5.41) is 5.88. The lowest BCUT2D eigenvalue weighted by atomic mass is 10.0. The molecule has 2 amide bonds. The molecule has 0 heterocycles. The predicted octanol–water partition coefficient (Wildman–Crippen LogP) is 0.949. The largest absolute Gasteiger partial charge is 0.379 e. The van der Waals surface area contributed by atoms with Gasteiger partial charge in [0.05, 0.1) is 52.9 Å². The zero-order valence-corrected chi connectivity index (χ0v) is 24.4. The Morgan fingerprint density at radius 2 is 0.684 bits per heavy atom. The second kappa shape index (κ2) is 23.5. The predicted molar refractivity (Wildman–Crippen MR) is 142 cm³/mol. The molecule has 0 aliphatic rings. The maximum atomic E-state index is 12.6. The summed E-state index contributed by atoms with van der Waals surface area (Å²) in [7, 11) is 0. The molecule has 0 aliphatic heterocycles. The maximum Gasteiger partial charge on any atom is 0.246 e. The summed E-state index contributed by atoms with van der Waals surface area (Å²) in [5.41, 5.74) is -1.62. The number of carbonyl (C=O) groups excluding carboxylic acids is 2. The van der Waals surface area contributed by atoms with Crippen molar-refractivity contribution in [3.8, 4) is 0 Å². The zero-order valence-electron chi connectivity index (χ0n) is 24.4. The van der Waals surface area contributed by atoms with Crippen molar-refractivity contribution in [2.45, 2.75) is 52.6 Å². The number of nitrogens with one attached hydrogen (secondary N) is 2. The molecule has 0 spiro atoms. The Bertz CT molecular complexity index is 501. The molecule has 0 fully saturated rings. The van der Waals surface area contributed by atoms with Crippen LogP contribution in [-0.2, 0) is 47.5 Å². The van der Waals surface area contributed by atoms with Gasteiger partial charge in [0.1, 0.15) is 24.3 Å². The lowest BCUT2D eigenvalue weighted by molar-refractivity contribution is -0.135. The molecule has 0 saturated carbocycles. The van der Waals surface area contributed by atoms with Crippen LogP contribution in [0.25, 0.3) is 0 Å². The number of amides is 2. The summed E-state index contributed by atoms with van der Waals surface area (Å²) < 4.78 is 44.3. The fourth-order valence-electron chi connectivity index (χ4n) is 3.36. The first-order chi connectivity index (χ1) is 18.4. The van der Waals surface area contributed by atoms with Crippen molar-refractivity contribution in [1.82, 2.24) is 10.6 Å². The molecule has 2 N–H and O–H groups in total. The van der Waals surface area contributed by atoms with E-state index in [1.54, 1.807) is 0 Å². The molecule has 0 bridgehead atoms. The van der Waals surface area contributed by atoms with E-state index in [0.717, 1.165) is 0 Å². The average molecular weight is 553 g/mol. The second-order valence-electron chi connectivity index (χ2n) is 8.59. The van der Waals surface area contributed by atoms with Crippen molar-refractivity contribution in [2.24, 2.45) is 0 Å². The Balaban J connectivity index is 4.64. The molecule has 226 valence electrons. The van der Waals surface area contributed by atoms with Crippen molar-refractivity contribution in [3.63, 3.8) is 0 Å². The van der Waals surface area contributed by atoms with Crippen LogP contribution in [0.2, 0.25) is 0 Å². The molecule has 0 aromatic heterocycles. The van der Waals surface area contributed by atoms with Gasteiger partial charge in [0, 0.05) is 39.6 Å². The van der Waals surface area contributed by atoms with Crippen LogP contribution >= 0.6 is 0 Å². The quantitative estimate of drug-likeness (QED) is 0.142. The van der Waals surface area contributed by atoms with Crippen molar-refractivity contribution >= 4 is 11.8 Å². The van der Waals surface area contributed by atoms with Gasteiger partial charge in [-0.25, -0.2) is 0 Å². The highest BCUT2D eigenvalue weighted by molar-refractivity contribution is 5.78. The van der Waals surface area contributed by atoms with Gasteiger partial charge in [0.15, 0.2) is 0 Å². The summed E-state index contributed by atoms with van der Waals surface area (Å²) >= 11 is 0. The Hall–Kier alpha value is -1.38. The third kappa shape index (κ3) is 17.3. The molecule has 0 aromatic rings. The third-order valence-electron chi connectivity index (χ3n) is 5.14. The number of hydrogen-bond donors (Lipinski definition) is 2. The molecule has 38 heavy (non-hydrogen) atoms. The van der Waals surface area contributed by atoms with Gasteiger partial charge in [0.25, 0.3) is 0 Å². The van der Waals surface area contributed by atoms with Gasteiger partial charge in [-0.1, -0.05) is 0 Å². The Kier molecular flexibility index (Phi) is 22.6. The van der Waals surface area contributed by atoms with Crippen LogP contribution in [-0.4, -0.2) is 129 Å². The molecule has 0 atom stereocenters. The Morgan fingerprint density at radius 1 is 0.447 bits per heavy atom. The van der Waals surface area contributed by atoms with Crippen molar-refractivity contribution in [3.05, 3.63) is 0 Å². The zero-order chi connectivity index (χ0) is 28.5. The minimum absolute atomic E-state index is 0.137. The van der Waals surface area contributed by atoms with Crippen LogP contribution in [0, 0.1) is 0 Å². The van der Waals surface area contributed by atoms with E-state index >= 15 is 0 Å². The van der Waals surface area contributed by atoms with Crippen LogP contribution < -0.4 is 10.6 Å². The minimum atomic E-state index is -0.811. The first kappa shape index (κ1) is 36.6. The van der Waals surface area contributed by atoms with Crippen LogP contribution in [0.15, 0.2) is 0 Å². The molecule has 0 radical (unpaired) electrons. The Labute approximate surface area is 228 Å². The SMILES string of the molecule is CCOCC(COCC)(COCC)NC(=O)COCCOCC(=O)NC(COCC)(COCC)COCC. The van der Waals surface area contributed by atoms with Gasteiger partial charge in [0.2, 0.25) is 11.8 Å². The van der Waals surface area contributed by atoms with E-state index < -0.39 is 11.1 Å². The van der Waals surface area contributed by atoms with Gasteiger partial charge in [-0.05, 0) is 41.5 Å². The van der Waals surface area contributed by atoms with E-state index in [-0.39, 0.29) is 77.9 Å². The average Bonchev–Trinajstić information content (AvgIpc) is 2.92. The van der Waals surface area contributed by atoms with E-state index in [2.05, 4.69) is 10.6 Å². The second-order valence-corrected chi connectivity index (χ2v) is 8.59. The number of ether oxygens (including phenoxy) is 8. The highest BCUT2D eigenvalue weighted by Crippen LogP contribution is 2.10. The number of hydrogen-bond acceptors (Lipinski definition) is 10. The number of rotatable bonds is 27. The standard InChI is InChI=1S/C26H52N2O10/c1-7-31-17-25(18-32-8-2,19-33-9-3)27-23(29)15-37-13-14-38-16-24(30)28-26(20-34-10-4,21-35-11-5)22-36-12-6/h7-22H2,1-6H3,(H,27,29)(H,28,30). The molecule has 12 heteroatoms. The molecular formula is C26H52N2O10. The first-order valence-electron chi connectivity index (χ1n) is 13.6. The lowest BCUT2D eigenvalue weighted by Crippen LogP contribution is -2.59. The van der Waals surface area contributed by atoms with Gasteiger partial charge >= 0.3 is 0 Å². The fraction of sp³-hybridized carbons (Fsp3) is 0.923. The molecule has 12 nitrogen and oxygen atoms in total. The monoisotopic (exact) mass is 552 g/mol. The van der Waals surface area contributed by atoms with Crippen molar-refractivity contribution in [2.75, 3.05) is 106 Å². The van der Waals surface area contributed by atoms with Gasteiger partial charge in [-0.15, -0.1) is 0 Å². The summed E-state index contributed by atoms with van der Waals surface area (Å²) in [4.78, 5) is 25.1. The molecular weight excluding hydrogens is 500 g/mol. The summed E-state index contributed by atoms with van der Waals surface area (Å²) in [5.74, 6) is -0.649. The maximum absolute atomic E-state index is 12.6. The van der Waals surface area contributed by atoms with E-state index in [4.69, 9.17) is 37.9 Å². The smallest absolute Gasteiger partial charge is 0.246 e. The normalized spacial score (nSPS) is 12.1. The molecule has 0 rings (SSSR count). The van der Waals surface area contributed by atoms with E-state index in [1.165, 1.54) is 0 Å². The molecule has 0 aromatic carbocycles. The summed E-state index contributed by atoms with van der Waals surface area (Å²) in [6, 6.07) is 0. The van der Waals surface area contributed by atoms with Crippen LogP contribution in [0.4, 0.5) is 0 Å². The third-order valence-corrected chi connectivity index (χ3v) is 5.14. The highest BCUT2D eigenvalue weighted by Gasteiger charge is 2.34. The molecule has 0 unspecified atom stereocenters. The minimum Gasteiger partial charge on any atom is -0.379 e. The van der Waals surface area contributed by atoms with Gasteiger partial charge in [-0.2, -0.15) is 0 Å². The topological polar surface area (TPSA) is 132 Å². The van der Waals surface area contributed by atoms with Crippen LogP contribution in [0.1, 0.15) is 41.5 Å². The number of carbonyl (C=O) groups is 2. The lowest BCUT2D eigenvalue weighted by Gasteiger charge is -2.34. The Morgan fingerprint density at radius 3 is 0.895 bits per heavy atom. The summed E-state index contributed by atoms with van der Waals surface area (Å²) in [6.45, 7) is 15.8. The highest BCUT2D eigenvalue weighted by atomic mass is 16.5. The van der Waals surface area contributed by atoms with E-state index in [0.29, 0.717) is 39.6 Å². The molecule has 0 aliphatic carbocycles. The van der Waals surface area contributed by atoms with Crippen molar-refractivity contribution < 1.29 is 47.5 Å². The van der Waals surface area contributed by atoms with E-state index in [1.807, 2.05) is 41.5 Å². The van der Waals surface area contributed by atoms with Crippen molar-refractivity contribution in [1.29, 1.82) is 0 Å². The van der Waals surface area contributed by atoms with Crippen LogP contribution in [0.3, 0.4) is 0 Å². The fourth-order valence-corrected chi connectivity index (χ4v) is 3.36. The first-order valence-corrected chi connectivity index (χ1v) is 13.6.